The topological polar surface area (TPSA) is 59.6 Å². The summed E-state index contributed by atoms with van der Waals surface area (Å²) >= 11 is 0. The number of alkyl halides is 4. The Hall–Kier alpha value is -2.81. The molecule has 2 rings (SSSR count). The molecule has 0 fully saturated rings. The van der Waals surface area contributed by atoms with Crippen LogP contribution in [0.4, 0.5) is 28.0 Å². The monoisotopic (exact) mass is 400 g/mol. The number of urea groups is 1. The second-order valence-corrected chi connectivity index (χ2v) is 5.91. The lowest BCUT2D eigenvalue weighted by molar-refractivity contribution is -0.168. The summed E-state index contributed by atoms with van der Waals surface area (Å²) in [6, 6.07) is 13.0. The maximum absolute atomic E-state index is 12.8. The van der Waals surface area contributed by atoms with Crippen molar-refractivity contribution in [1.82, 2.24) is 5.32 Å². The molecule has 0 bridgehead atoms. The van der Waals surface area contributed by atoms with Gasteiger partial charge in [-0.1, -0.05) is 24.3 Å². The maximum Gasteiger partial charge on any atom is 0.330 e. The minimum absolute atomic E-state index is 0.286. The zero-order chi connectivity index (χ0) is 20.6. The Morgan fingerprint density at radius 3 is 2.46 bits per heavy atom. The summed E-state index contributed by atoms with van der Waals surface area (Å²) in [7, 11) is 1.56. The van der Waals surface area contributed by atoms with E-state index in [2.05, 4.69) is 15.4 Å². The number of carbonyl (C=O) groups is 1. The summed E-state index contributed by atoms with van der Waals surface area (Å²) in [5.41, 5.74) is 1.74. The van der Waals surface area contributed by atoms with E-state index in [1.807, 2.05) is 12.1 Å². The van der Waals surface area contributed by atoms with Crippen molar-refractivity contribution >= 4 is 11.7 Å². The van der Waals surface area contributed by atoms with Crippen LogP contribution in [0.15, 0.2) is 48.5 Å². The third kappa shape index (κ3) is 6.73. The molecule has 152 valence electrons. The molecule has 0 aliphatic heterocycles. The second kappa shape index (κ2) is 9.93. The number of ether oxygens (including phenoxy) is 2. The van der Waals surface area contributed by atoms with Crippen LogP contribution >= 0.6 is 0 Å². The van der Waals surface area contributed by atoms with Crippen LogP contribution in [0, 0.1) is 0 Å². The second-order valence-electron chi connectivity index (χ2n) is 5.91. The van der Waals surface area contributed by atoms with Gasteiger partial charge in [-0.25, -0.2) is 13.6 Å². The Morgan fingerprint density at radius 2 is 1.82 bits per heavy atom. The lowest BCUT2D eigenvalue weighted by Gasteiger charge is -2.15. The Morgan fingerprint density at radius 1 is 1.11 bits per heavy atom. The van der Waals surface area contributed by atoms with Crippen LogP contribution in [-0.2, 0) is 17.9 Å². The molecule has 2 N–H and O–H groups in total. The highest BCUT2D eigenvalue weighted by atomic mass is 19.3. The molecule has 9 heteroatoms. The lowest BCUT2D eigenvalue weighted by atomic mass is 10.2. The predicted octanol–water partition coefficient (Wildman–Crippen LogP) is 4.43. The van der Waals surface area contributed by atoms with E-state index in [0.29, 0.717) is 23.5 Å². The molecule has 0 aromatic heterocycles. The Kier molecular flexibility index (Phi) is 7.62. The number of hydrogen-bond acceptors (Lipinski definition) is 3. The molecule has 0 aliphatic rings. The number of nitrogens with one attached hydrogen (secondary N) is 2. The summed E-state index contributed by atoms with van der Waals surface area (Å²) < 4.78 is 59.5. The van der Waals surface area contributed by atoms with Crippen molar-refractivity contribution < 1.29 is 31.8 Å². The van der Waals surface area contributed by atoms with Gasteiger partial charge < -0.3 is 20.1 Å². The zero-order valence-electron chi connectivity index (χ0n) is 15.1. The van der Waals surface area contributed by atoms with E-state index in [1.54, 1.807) is 37.4 Å². The van der Waals surface area contributed by atoms with Gasteiger partial charge in [-0.3, -0.25) is 0 Å². The Bertz CT molecular complexity index is 770. The van der Waals surface area contributed by atoms with Gasteiger partial charge in [0.2, 0.25) is 0 Å². The highest BCUT2D eigenvalue weighted by Gasteiger charge is 2.40. The van der Waals surface area contributed by atoms with Gasteiger partial charge in [-0.2, -0.15) is 8.78 Å². The molecule has 28 heavy (non-hydrogen) atoms. The molecule has 0 saturated heterocycles. The Labute approximate surface area is 159 Å². The van der Waals surface area contributed by atoms with E-state index in [9.17, 15) is 22.4 Å². The van der Waals surface area contributed by atoms with Gasteiger partial charge in [-0.15, -0.1) is 0 Å². The molecule has 0 atom stereocenters. The molecule has 5 nitrogen and oxygen atoms in total. The average Bonchev–Trinajstić information content (AvgIpc) is 2.67. The summed E-state index contributed by atoms with van der Waals surface area (Å²) in [5, 5.41) is 5.28. The standard InChI is InChI=1S/C19H20F4N2O3/c1-27-16-7-5-13(6-8-16)10-24-18(26)25-15-4-2-3-14(9-15)11-28-12-19(22,23)17(20)21/h2-9,17H,10-12H2,1H3,(H2,24,25,26). The number of benzene rings is 2. The van der Waals surface area contributed by atoms with Crippen LogP contribution in [0.1, 0.15) is 11.1 Å². The van der Waals surface area contributed by atoms with Gasteiger partial charge in [0.25, 0.3) is 0 Å². The van der Waals surface area contributed by atoms with Crippen molar-refractivity contribution in [1.29, 1.82) is 0 Å². The van der Waals surface area contributed by atoms with E-state index < -0.39 is 25.0 Å². The van der Waals surface area contributed by atoms with Gasteiger partial charge >= 0.3 is 18.4 Å². The molecule has 0 unspecified atom stereocenters. The van der Waals surface area contributed by atoms with Gasteiger partial charge in [-0.05, 0) is 35.4 Å². The van der Waals surface area contributed by atoms with Crippen LogP contribution in [0.5, 0.6) is 5.75 Å². The van der Waals surface area contributed by atoms with Crippen molar-refractivity contribution in [3.8, 4) is 5.75 Å². The first-order valence-corrected chi connectivity index (χ1v) is 8.30. The molecule has 0 aliphatic carbocycles. The fourth-order valence-electron chi connectivity index (χ4n) is 2.21. The molecular formula is C19H20F4N2O3. The molecule has 0 heterocycles. The summed E-state index contributed by atoms with van der Waals surface area (Å²) in [5.74, 6) is -3.49. The molecule has 0 radical (unpaired) electrons. The van der Waals surface area contributed by atoms with Gasteiger partial charge in [0.15, 0.2) is 0 Å². The summed E-state index contributed by atoms with van der Waals surface area (Å²) in [6.45, 7) is -1.38. The van der Waals surface area contributed by atoms with E-state index in [-0.39, 0.29) is 6.61 Å². The van der Waals surface area contributed by atoms with Crippen molar-refractivity contribution in [2.24, 2.45) is 0 Å². The molecule has 0 saturated carbocycles. The van der Waals surface area contributed by atoms with Crippen molar-refractivity contribution in [3.05, 3.63) is 59.7 Å². The van der Waals surface area contributed by atoms with E-state index in [4.69, 9.17) is 4.74 Å². The third-order valence-electron chi connectivity index (χ3n) is 3.68. The largest absolute Gasteiger partial charge is 0.497 e. The fraction of sp³-hybridized carbons (Fsp3) is 0.316. The van der Waals surface area contributed by atoms with Crippen LogP contribution in [0.3, 0.4) is 0 Å². The number of amides is 2. The first-order valence-electron chi connectivity index (χ1n) is 8.30. The number of rotatable bonds is 9. The number of halogens is 4. The predicted molar refractivity (Wildman–Crippen MR) is 95.9 cm³/mol. The highest BCUT2D eigenvalue weighted by molar-refractivity contribution is 5.89. The summed E-state index contributed by atoms with van der Waals surface area (Å²) in [4.78, 5) is 12.0. The Balaban J connectivity index is 1.81. The minimum Gasteiger partial charge on any atom is -0.497 e. The SMILES string of the molecule is COc1ccc(CNC(=O)Nc2cccc(COCC(F)(F)C(F)F)c2)cc1. The quantitative estimate of drug-likeness (QED) is 0.612. The summed E-state index contributed by atoms with van der Waals surface area (Å²) in [6.07, 6.45) is -3.78. The molecule has 2 aromatic rings. The van der Waals surface area contributed by atoms with Crippen molar-refractivity contribution in [2.45, 2.75) is 25.5 Å². The third-order valence-corrected chi connectivity index (χ3v) is 3.68. The molecule has 2 aromatic carbocycles. The van der Waals surface area contributed by atoms with Crippen LogP contribution in [0.25, 0.3) is 0 Å². The van der Waals surface area contributed by atoms with Crippen LogP contribution in [-0.4, -0.2) is 32.1 Å². The lowest BCUT2D eigenvalue weighted by Crippen LogP contribution is -2.32. The van der Waals surface area contributed by atoms with Crippen molar-refractivity contribution in [3.63, 3.8) is 0 Å². The molecular weight excluding hydrogens is 380 g/mol. The van der Waals surface area contributed by atoms with E-state index in [1.165, 1.54) is 6.07 Å². The average molecular weight is 400 g/mol. The molecule has 2 amide bonds. The van der Waals surface area contributed by atoms with E-state index in [0.717, 1.165) is 5.56 Å². The van der Waals surface area contributed by atoms with Gasteiger partial charge in [0, 0.05) is 12.2 Å². The van der Waals surface area contributed by atoms with Crippen LogP contribution in [0.2, 0.25) is 0 Å². The first kappa shape index (κ1) is 21.5. The smallest absolute Gasteiger partial charge is 0.330 e. The zero-order valence-corrected chi connectivity index (χ0v) is 15.1. The van der Waals surface area contributed by atoms with Crippen LogP contribution < -0.4 is 15.4 Å². The van der Waals surface area contributed by atoms with E-state index >= 15 is 0 Å². The number of methoxy groups -OCH3 is 1. The number of carbonyl (C=O) groups excluding carboxylic acids is 1. The van der Waals surface area contributed by atoms with Gasteiger partial charge in [0.05, 0.1) is 13.7 Å². The van der Waals surface area contributed by atoms with Crippen molar-refractivity contribution in [2.75, 3.05) is 19.0 Å². The van der Waals surface area contributed by atoms with Gasteiger partial charge in [0.1, 0.15) is 12.4 Å². The maximum atomic E-state index is 12.8. The highest BCUT2D eigenvalue weighted by Crippen LogP contribution is 2.23. The number of anilines is 1. The fourth-order valence-corrected chi connectivity index (χ4v) is 2.21. The first-order chi connectivity index (χ1) is 13.3. The molecule has 0 spiro atoms. The minimum atomic E-state index is -4.20. The number of hydrogen-bond donors (Lipinski definition) is 2. The normalized spacial score (nSPS) is 11.4.